The fourth-order valence-electron chi connectivity index (χ4n) is 3.63. The molecule has 0 amide bonds. The van der Waals surface area contributed by atoms with Gasteiger partial charge in [0, 0.05) is 26.7 Å². The van der Waals surface area contributed by atoms with Gasteiger partial charge in [0.1, 0.15) is 12.4 Å². The van der Waals surface area contributed by atoms with E-state index in [0.717, 1.165) is 51.5 Å². The van der Waals surface area contributed by atoms with Crippen molar-refractivity contribution < 1.29 is 14.2 Å². The van der Waals surface area contributed by atoms with Crippen molar-refractivity contribution in [1.29, 1.82) is 0 Å². The molecule has 3 rings (SSSR count). The third-order valence-electron chi connectivity index (χ3n) is 5.22. The van der Waals surface area contributed by atoms with Crippen molar-refractivity contribution in [2.45, 2.75) is 44.3 Å². The highest BCUT2D eigenvalue weighted by atomic mass is 127. The Kier molecular flexibility index (Phi) is 11.4. The van der Waals surface area contributed by atoms with Crippen LogP contribution in [0.25, 0.3) is 0 Å². The highest BCUT2D eigenvalue weighted by Gasteiger charge is 2.23. The Balaban J connectivity index is 0.00000300. The van der Waals surface area contributed by atoms with Gasteiger partial charge in [-0.15, -0.1) is 24.0 Å². The summed E-state index contributed by atoms with van der Waals surface area (Å²) in [7, 11) is 1.82. The van der Waals surface area contributed by atoms with E-state index >= 15 is 0 Å². The van der Waals surface area contributed by atoms with Gasteiger partial charge in [0.25, 0.3) is 0 Å². The molecule has 2 fully saturated rings. The van der Waals surface area contributed by atoms with Gasteiger partial charge in [-0.05, 0) is 44.2 Å². The topological polar surface area (TPSA) is 55.3 Å². The van der Waals surface area contributed by atoms with E-state index in [1.54, 1.807) is 0 Å². The Morgan fingerprint density at radius 3 is 2.72 bits per heavy atom. The Morgan fingerprint density at radius 1 is 1.24 bits per heavy atom. The van der Waals surface area contributed by atoms with Gasteiger partial charge in [-0.25, -0.2) is 0 Å². The highest BCUT2D eigenvalue weighted by molar-refractivity contribution is 14.0. The first-order valence-electron chi connectivity index (χ1n) is 10.3. The average molecular weight is 538 g/mol. The minimum atomic E-state index is 0. The summed E-state index contributed by atoms with van der Waals surface area (Å²) < 4.78 is 17.6. The molecule has 29 heavy (non-hydrogen) atoms. The van der Waals surface area contributed by atoms with Crippen LogP contribution < -0.4 is 10.1 Å². The fraction of sp³-hybridized carbons (Fsp3) is 0.667. The number of para-hydroxylation sites is 1. The predicted molar refractivity (Wildman–Crippen MR) is 128 cm³/mol. The molecule has 2 aliphatic heterocycles. The Morgan fingerprint density at radius 2 is 2.03 bits per heavy atom. The second-order valence-electron chi connectivity index (χ2n) is 7.26. The van der Waals surface area contributed by atoms with Crippen molar-refractivity contribution in [3.05, 3.63) is 29.3 Å². The number of likely N-dealkylation sites (tertiary alicyclic amines) is 1. The monoisotopic (exact) mass is 537 g/mol. The molecular weight excluding hydrogens is 505 g/mol. The number of halogens is 2. The Hall–Kier alpha value is -0.770. The first kappa shape index (κ1) is 24.5. The van der Waals surface area contributed by atoms with Crippen molar-refractivity contribution in [3.63, 3.8) is 0 Å². The van der Waals surface area contributed by atoms with Crippen molar-refractivity contribution in [2.24, 2.45) is 4.99 Å². The minimum absolute atomic E-state index is 0. The van der Waals surface area contributed by atoms with Crippen LogP contribution in [-0.4, -0.2) is 69.6 Å². The number of nitrogens with one attached hydrogen (secondary N) is 1. The van der Waals surface area contributed by atoms with Gasteiger partial charge < -0.3 is 24.4 Å². The number of piperidine rings is 1. The maximum absolute atomic E-state index is 6.11. The number of hydrogen-bond acceptors (Lipinski definition) is 4. The summed E-state index contributed by atoms with van der Waals surface area (Å²) in [5.41, 5.74) is 0. The van der Waals surface area contributed by atoms with Crippen molar-refractivity contribution >= 4 is 41.5 Å². The van der Waals surface area contributed by atoms with Crippen LogP contribution in [0.5, 0.6) is 5.75 Å². The molecular formula is C21H33ClIN3O3. The molecule has 1 aromatic rings. The zero-order chi connectivity index (χ0) is 19.6. The minimum Gasteiger partial charge on any atom is -0.490 e. The Bertz CT molecular complexity index is 621. The molecule has 0 spiro atoms. The summed E-state index contributed by atoms with van der Waals surface area (Å²) in [5, 5.41) is 4.01. The summed E-state index contributed by atoms with van der Waals surface area (Å²) in [5.74, 6) is 1.62. The van der Waals surface area contributed by atoms with Gasteiger partial charge >= 0.3 is 0 Å². The molecule has 1 unspecified atom stereocenters. The van der Waals surface area contributed by atoms with E-state index in [4.69, 9.17) is 25.8 Å². The van der Waals surface area contributed by atoms with Gasteiger partial charge in [0.2, 0.25) is 0 Å². The second kappa shape index (κ2) is 13.5. The molecule has 164 valence electrons. The lowest BCUT2D eigenvalue weighted by Gasteiger charge is -2.35. The molecule has 2 heterocycles. The highest BCUT2D eigenvalue weighted by Crippen LogP contribution is 2.22. The van der Waals surface area contributed by atoms with Crippen LogP contribution in [0.3, 0.4) is 0 Å². The van der Waals surface area contributed by atoms with E-state index in [0.29, 0.717) is 36.1 Å². The van der Waals surface area contributed by atoms with Crippen LogP contribution in [0.1, 0.15) is 32.1 Å². The lowest BCUT2D eigenvalue weighted by Crippen LogP contribution is -2.48. The number of benzene rings is 1. The maximum atomic E-state index is 6.11. The largest absolute Gasteiger partial charge is 0.490 e. The first-order valence-corrected chi connectivity index (χ1v) is 10.7. The van der Waals surface area contributed by atoms with Gasteiger partial charge in [-0.2, -0.15) is 0 Å². The molecule has 1 aromatic carbocycles. The van der Waals surface area contributed by atoms with E-state index in [1.165, 1.54) is 12.8 Å². The van der Waals surface area contributed by atoms with Crippen LogP contribution in [0.4, 0.5) is 0 Å². The molecule has 2 aliphatic rings. The zero-order valence-electron chi connectivity index (χ0n) is 17.1. The number of aliphatic imine (C=N–C) groups is 1. The van der Waals surface area contributed by atoms with Gasteiger partial charge in [0.05, 0.1) is 30.4 Å². The third-order valence-corrected chi connectivity index (χ3v) is 5.54. The first-order chi connectivity index (χ1) is 13.8. The van der Waals surface area contributed by atoms with Crippen LogP contribution in [0, 0.1) is 0 Å². The maximum Gasteiger partial charge on any atom is 0.193 e. The van der Waals surface area contributed by atoms with E-state index in [2.05, 4.69) is 15.2 Å². The molecule has 0 aliphatic carbocycles. The molecule has 1 N–H and O–H groups in total. The molecule has 0 bridgehead atoms. The number of rotatable bonds is 7. The standard InChI is InChI=1S/C21H32ClN3O3.HI/c1-23-21(24-11-15-27-20-8-3-2-7-19(20)22)25-12-9-17(10-13-25)28-16-18-6-4-5-14-26-18;/h2-3,7-8,17-18H,4-6,9-16H2,1H3,(H,23,24);1H. The third kappa shape index (κ3) is 8.11. The molecule has 0 aromatic heterocycles. The molecule has 0 radical (unpaired) electrons. The molecule has 1 atom stereocenters. The van der Waals surface area contributed by atoms with Gasteiger partial charge in [-0.3, -0.25) is 4.99 Å². The lowest BCUT2D eigenvalue weighted by atomic mass is 10.1. The molecule has 6 nitrogen and oxygen atoms in total. The van der Waals surface area contributed by atoms with Gasteiger partial charge in [-0.1, -0.05) is 23.7 Å². The number of nitrogens with zero attached hydrogens (tertiary/aromatic N) is 2. The van der Waals surface area contributed by atoms with Crippen LogP contribution in [0.15, 0.2) is 29.3 Å². The number of hydrogen-bond donors (Lipinski definition) is 1. The quantitative estimate of drug-likeness (QED) is 0.247. The second-order valence-corrected chi connectivity index (χ2v) is 7.67. The van der Waals surface area contributed by atoms with Crippen LogP contribution >= 0.6 is 35.6 Å². The smallest absolute Gasteiger partial charge is 0.193 e. The Labute approximate surface area is 196 Å². The lowest BCUT2D eigenvalue weighted by molar-refractivity contribution is -0.0721. The normalized spacial score (nSPS) is 20.8. The van der Waals surface area contributed by atoms with Crippen LogP contribution in [-0.2, 0) is 9.47 Å². The van der Waals surface area contributed by atoms with Crippen molar-refractivity contribution in [3.8, 4) is 5.75 Å². The zero-order valence-corrected chi connectivity index (χ0v) is 20.2. The molecule has 2 saturated heterocycles. The van der Waals surface area contributed by atoms with E-state index in [-0.39, 0.29) is 24.0 Å². The predicted octanol–water partition coefficient (Wildman–Crippen LogP) is 3.96. The van der Waals surface area contributed by atoms with E-state index in [1.807, 2.05) is 31.3 Å². The molecule has 8 heteroatoms. The summed E-state index contributed by atoms with van der Waals surface area (Å²) in [4.78, 5) is 6.69. The summed E-state index contributed by atoms with van der Waals surface area (Å²) in [6, 6.07) is 7.52. The average Bonchev–Trinajstić information content (AvgIpc) is 2.75. The SMILES string of the molecule is CN=C(NCCOc1ccccc1Cl)N1CCC(OCC2CCCCO2)CC1.I. The summed E-state index contributed by atoms with van der Waals surface area (Å²) in [6.45, 7) is 4.71. The van der Waals surface area contributed by atoms with Crippen LogP contribution in [0.2, 0.25) is 5.02 Å². The fourth-order valence-corrected chi connectivity index (χ4v) is 3.82. The number of ether oxygens (including phenoxy) is 3. The molecule has 0 saturated carbocycles. The van der Waals surface area contributed by atoms with Crippen molar-refractivity contribution in [2.75, 3.05) is 46.5 Å². The van der Waals surface area contributed by atoms with E-state index < -0.39 is 0 Å². The van der Waals surface area contributed by atoms with Crippen molar-refractivity contribution in [1.82, 2.24) is 10.2 Å². The summed E-state index contributed by atoms with van der Waals surface area (Å²) in [6.07, 6.45) is 6.22. The number of guanidine groups is 1. The summed E-state index contributed by atoms with van der Waals surface area (Å²) >= 11 is 6.11. The van der Waals surface area contributed by atoms with E-state index in [9.17, 15) is 0 Å². The van der Waals surface area contributed by atoms with Gasteiger partial charge in [0.15, 0.2) is 5.96 Å².